The number of anilines is 1. The minimum atomic E-state index is -0.427. The Morgan fingerprint density at radius 1 is 1.29 bits per heavy atom. The molecule has 0 aliphatic carbocycles. The second-order valence-electron chi connectivity index (χ2n) is 7.11. The smallest absolute Gasteiger partial charge is 0.410 e. The van der Waals surface area contributed by atoms with E-state index in [1.165, 1.54) is 16.8 Å². The van der Waals surface area contributed by atoms with Crippen molar-refractivity contribution in [3.05, 3.63) is 29.3 Å². The van der Waals surface area contributed by atoms with Crippen molar-refractivity contribution in [2.75, 3.05) is 24.5 Å². The third-order valence-electron chi connectivity index (χ3n) is 4.14. The molecule has 0 radical (unpaired) electrons. The lowest BCUT2D eigenvalue weighted by atomic mass is 10.1. The van der Waals surface area contributed by atoms with E-state index in [2.05, 4.69) is 30.0 Å². The number of nitrogens with zero attached hydrogens (tertiary/aromatic N) is 2. The first-order valence-corrected chi connectivity index (χ1v) is 7.67. The van der Waals surface area contributed by atoms with Gasteiger partial charge < -0.3 is 14.5 Å². The van der Waals surface area contributed by atoms with Gasteiger partial charge in [-0.1, -0.05) is 12.1 Å². The number of aryl methyl sites for hydroxylation is 1. The molecule has 0 aromatic heterocycles. The Bertz CT molecular complexity index is 562. The summed E-state index contributed by atoms with van der Waals surface area (Å²) < 4.78 is 5.49. The van der Waals surface area contributed by atoms with Gasteiger partial charge in [0.1, 0.15) is 5.60 Å². The van der Waals surface area contributed by atoms with E-state index in [1.807, 2.05) is 25.7 Å². The molecule has 21 heavy (non-hydrogen) atoms. The highest BCUT2D eigenvalue weighted by Gasteiger charge is 2.36. The predicted octanol–water partition coefficient (Wildman–Crippen LogP) is 2.98. The van der Waals surface area contributed by atoms with E-state index in [4.69, 9.17) is 4.74 Å². The summed E-state index contributed by atoms with van der Waals surface area (Å²) in [6.07, 6.45) is 0.837. The highest BCUT2D eigenvalue weighted by Crippen LogP contribution is 2.35. The number of carbonyl (C=O) groups is 1. The van der Waals surface area contributed by atoms with Gasteiger partial charge in [0.2, 0.25) is 0 Å². The van der Waals surface area contributed by atoms with Crippen molar-refractivity contribution >= 4 is 11.8 Å². The first kappa shape index (κ1) is 14.2. The summed E-state index contributed by atoms with van der Waals surface area (Å²) in [4.78, 5) is 16.5. The largest absolute Gasteiger partial charge is 0.444 e. The van der Waals surface area contributed by atoms with E-state index in [1.54, 1.807) is 0 Å². The lowest BCUT2D eigenvalue weighted by Gasteiger charge is -2.39. The molecule has 114 valence electrons. The molecule has 0 spiro atoms. The van der Waals surface area contributed by atoms with Crippen LogP contribution in [-0.2, 0) is 11.2 Å². The maximum absolute atomic E-state index is 12.2. The molecule has 1 atom stereocenters. The zero-order valence-corrected chi connectivity index (χ0v) is 13.3. The number of piperazine rings is 1. The number of carbonyl (C=O) groups excluding carboxylic acids is 1. The molecule has 2 heterocycles. The molecule has 0 N–H and O–H groups in total. The van der Waals surface area contributed by atoms with Crippen LogP contribution < -0.4 is 4.90 Å². The van der Waals surface area contributed by atoms with Gasteiger partial charge in [-0.15, -0.1) is 0 Å². The Morgan fingerprint density at radius 2 is 2.05 bits per heavy atom. The van der Waals surface area contributed by atoms with Crippen LogP contribution in [0.1, 0.15) is 31.9 Å². The van der Waals surface area contributed by atoms with E-state index >= 15 is 0 Å². The van der Waals surface area contributed by atoms with Crippen molar-refractivity contribution in [2.24, 2.45) is 0 Å². The summed E-state index contributed by atoms with van der Waals surface area (Å²) in [7, 11) is 0. The van der Waals surface area contributed by atoms with Crippen LogP contribution in [0.15, 0.2) is 18.2 Å². The lowest BCUT2D eigenvalue weighted by molar-refractivity contribution is 0.0217. The standard InChI is InChI=1S/C17H24N2O2/c1-12-5-6-13-10-14-11-18(16(20)21-17(2,3)4)7-8-19(14)15(13)9-12/h5-6,9,14H,7-8,10-11H2,1-4H3. The summed E-state index contributed by atoms with van der Waals surface area (Å²) in [5, 5.41) is 0. The molecule has 3 rings (SSSR count). The summed E-state index contributed by atoms with van der Waals surface area (Å²) in [6, 6.07) is 7.05. The van der Waals surface area contributed by atoms with Gasteiger partial charge in [0.15, 0.2) is 0 Å². The Balaban J connectivity index is 1.71. The zero-order valence-electron chi connectivity index (χ0n) is 13.3. The van der Waals surface area contributed by atoms with Gasteiger partial charge in [-0.05, 0) is 51.3 Å². The Kier molecular flexibility index (Phi) is 3.34. The first-order valence-electron chi connectivity index (χ1n) is 7.67. The summed E-state index contributed by atoms with van der Waals surface area (Å²) in [5.41, 5.74) is 3.62. The minimum absolute atomic E-state index is 0.186. The van der Waals surface area contributed by atoms with Crippen LogP contribution in [0.3, 0.4) is 0 Å². The number of hydrogen-bond acceptors (Lipinski definition) is 3. The fraction of sp³-hybridized carbons (Fsp3) is 0.588. The van der Waals surface area contributed by atoms with Crippen LogP contribution in [-0.4, -0.2) is 42.3 Å². The van der Waals surface area contributed by atoms with Crippen LogP contribution in [0.5, 0.6) is 0 Å². The number of ether oxygens (including phenoxy) is 1. The number of fused-ring (bicyclic) bond motifs is 3. The molecule has 1 fully saturated rings. The fourth-order valence-corrected chi connectivity index (χ4v) is 3.21. The van der Waals surface area contributed by atoms with Gasteiger partial charge in [-0.25, -0.2) is 4.79 Å². The van der Waals surface area contributed by atoms with E-state index < -0.39 is 5.60 Å². The first-order chi connectivity index (χ1) is 9.83. The number of rotatable bonds is 0. The Morgan fingerprint density at radius 3 is 2.76 bits per heavy atom. The average Bonchev–Trinajstić information content (AvgIpc) is 2.73. The van der Waals surface area contributed by atoms with E-state index in [0.717, 1.165) is 26.1 Å². The quantitative estimate of drug-likeness (QED) is 0.736. The number of benzene rings is 1. The van der Waals surface area contributed by atoms with Crippen LogP contribution in [0, 0.1) is 6.92 Å². The van der Waals surface area contributed by atoms with Crippen molar-refractivity contribution < 1.29 is 9.53 Å². The van der Waals surface area contributed by atoms with Gasteiger partial charge in [0, 0.05) is 25.3 Å². The van der Waals surface area contributed by atoms with Gasteiger partial charge >= 0.3 is 6.09 Å². The molecule has 4 nitrogen and oxygen atoms in total. The van der Waals surface area contributed by atoms with E-state index in [-0.39, 0.29) is 6.09 Å². The van der Waals surface area contributed by atoms with E-state index in [0.29, 0.717) is 6.04 Å². The Hall–Kier alpha value is -1.71. The summed E-state index contributed by atoms with van der Waals surface area (Å²) in [6.45, 7) is 10.2. The third kappa shape index (κ3) is 2.85. The monoisotopic (exact) mass is 288 g/mol. The van der Waals surface area contributed by atoms with Crippen molar-refractivity contribution in [3.63, 3.8) is 0 Å². The van der Waals surface area contributed by atoms with Crippen LogP contribution in [0.25, 0.3) is 0 Å². The highest BCUT2D eigenvalue weighted by atomic mass is 16.6. The van der Waals surface area contributed by atoms with E-state index in [9.17, 15) is 4.79 Å². The molecule has 1 amide bonds. The summed E-state index contributed by atoms with van der Waals surface area (Å²) in [5.74, 6) is 0. The van der Waals surface area contributed by atoms with Gasteiger partial charge in [-0.2, -0.15) is 0 Å². The molecule has 1 saturated heterocycles. The van der Waals surface area contributed by atoms with Gasteiger partial charge in [0.05, 0.1) is 6.04 Å². The average molecular weight is 288 g/mol. The maximum Gasteiger partial charge on any atom is 0.410 e. The van der Waals surface area contributed by atoms with Crippen LogP contribution >= 0.6 is 0 Å². The molecule has 1 unspecified atom stereocenters. The van der Waals surface area contributed by atoms with Crippen molar-refractivity contribution in [2.45, 2.75) is 45.8 Å². The topological polar surface area (TPSA) is 32.8 Å². The third-order valence-corrected chi connectivity index (χ3v) is 4.14. The summed E-state index contributed by atoms with van der Waals surface area (Å²) >= 11 is 0. The molecule has 0 saturated carbocycles. The Labute approximate surface area is 126 Å². The molecule has 2 aliphatic heterocycles. The second-order valence-corrected chi connectivity index (χ2v) is 7.11. The van der Waals surface area contributed by atoms with Crippen molar-refractivity contribution in [1.29, 1.82) is 0 Å². The zero-order chi connectivity index (χ0) is 15.2. The van der Waals surface area contributed by atoms with Crippen LogP contribution in [0.2, 0.25) is 0 Å². The molecule has 4 heteroatoms. The van der Waals surface area contributed by atoms with Crippen molar-refractivity contribution in [1.82, 2.24) is 4.90 Å². The fourth-order valence-electron chi connectivity index (χ4n) is 3.21. The molecular formula is C17H24N2O2. The van der Waals surface area contributed by atoms with Gasteiger partial charge in [0.25, 0.3) is 0 Å². The predicted molar refractivity (Wildman–Crippen MR) is 83.8 cm³/mol. The maximum atomic E-state index is 12.2. The van der Waals surface area contributed by atoms with Crippen molar-refractivity contribution in [3.8, 4) is 0 Å². The molecule has 1 aromatic rings. The van der Waals surface area contributed by atoms with Crippen LogP contribution in [0.4, 0.5) is 10.5 Å². The SMILES string of the molecule is Cc1ccc2c(c1)N1CCN(C(=O)OC(C)(C)C)CC1C2. The second kappa shape index (κ2) is 4.93. The molecule has 1 aromatic carbocycles. The molecular weight excluding hydrogens is 264 g/mol. The number of hydrogen-bond donors (Lipinski definition) is 0. The molecule has 2 aliphatic rings. The molecule has 0 bridgehead atoms. The lowest BCUT2D eigenvalue weighted by Crippen LogP contribution is -2.54. The number of amides is 1. The van der Waals surface area contributed by atoms with Gasteiger partial charge in [-0.3, -0.25) is 0 Å². The normalized spacial score (nSPS) is 21.0. The highest BCUT2D eigenvalue weighted by molar-refractivity contribution is 5.70. The minimum Gasteiger partial charge on any atom is -0.444 e.